The summed E-state index contributed by atoms with van der Waals surface area (Å²) in [5.74, 6) is 2.13. The fourth-order valence-electron chi connectivity index (χ4n) is 5.07. The molecule has 0 aromatic heterocycles. The Hall–Kier alpha value is -1.30. The van der Waals surface area contributed by atoms with E-state index in [-0.39, 0.29) is 0 Å². The molecule has 0 nitrogen and oxygen atoms in total. The van der Waals surface area contributed by atoms with Gasteiger partial charge in [-0.3, -0.25) is 0 Å². The Morgan fingerprint density at radius 1 is 1.09 bits per heavy atom. The Kier molecular flexibility index (Phi) is 3.15. The quantitative estimate of drug-likeness (QED) is 0.607. The summed E-state index contributed by atoms with van der Waals surface area (Å²) in [6.45, 7) is 9.42. The molecule has 0 heterocycles. The summed E-state index contributed by atoms with van der Waals surface area (Å²) in [7, 11) is 0. The first-order valence-corrected chi connectivity index (χ1v) is 9.06. The second-order valence-electron chi connectivity index (χ2n) is 8.32. The Labute approximate surface area is 135 Å². The van der Waals surface area contributed by atoms with Crippen molar-refractivity contribution in [2.75, 3.05) is 0 Å². The molecular formula is C22H28. The van der Waals surface area contributed by atoms with Crippen LogP contribution in [0.1, 0.15) is 63.6 Å². The number of benzene rings is 1. The molecule has 0 amide bonds. The van der Waals surface area contributed by atoms with Crippen molar-refractivity contribution in [1.29, 1.82) is 0 Å². The van der Waals surface area contributed by atoms with Crippen molar-refractivity contribution in [2.45, 2.75) is 58.8 Å². The highest BCUT2D eigenvalue weighted by molar-refractivity contribution is 5.78. The topological polar surface area (TPSA) is 0 Å². The lowest BCUT2D eigenvalue weighted by Gasteiger charge is -2.25. The molecule has 1 aromatic carbocycles. The zero-order valence-electron chi connectivity index (χ0n) is 14.4. The van der Waals surface area contributed by atoms with Gasteiger partial charge in [0.15, 0.2) is 0 Å². The zero-order chi connectivity index (χ0) is 15.5. The first kappa shape index (κ1) is 14.3. The second-order valence-corrected chi connectivity index (χ2v) is 8.32. The van der Waals surface area contributed by atoms with Gasteiger partial charge >= 0.3 is 0 Å². The fourth-order valence-corrected chi connectivity index (χ4v) is 5.07. The van der Waals surface area contributed by atoms with E-state index in [1.54, 1.807) is 27.8 Å². The first-order valence-electron chi connectivity index (χ1n) is 9.06. The van der Waals surface area contributed by atoms with Crippen LogP contribution in [0.25, 0.3) is 5.57 Å². The predicted octanol–water partition coefficient (Wildman–Crippen LogP) is 5.92. The SMILES string of the molecule is CC(C)C1=C(C(C)C)c2cc(C34C=CC(CC3)C4)ccc2C1. The minimum absolute atomic E-state index is 0.363. The average Bonchev–Trinajstić information content (AvgIpc) is 3.18. The zero-order valence-corrected chi connectivity index (χ0v) is 14.4. The third-order valence-corrected chi connectivity index (χ3v) is 6.25. The monoisotopic (exact) mass is 292 g/mol. The van der Waals surface area contributed by atoms with E-state index in [4.69, 9.17) is 0 Å². The fraction of sp³-hybridized carbons (Fsp3) is 0.545. The molecule has 0 heteroatoms. The van der Waals surface area contributed by atoms with Crippen LogP contribution in [-0.4, -0.2) is 0 Å². The lowest BCUT2D eigenvalue weighted by molar-refractivity contribution is 0.566. The summed E-state index contributed by atoms with van der Waals surface area (Å²) < 4.78 is 0. The van der Waals surface area contributed by atoms with E-state index in [0.717, 1.165) is 5.92 Å². The standard InChI is InChI=1S/C22H28/c1-14(2)19-11-17-5-6-18(12-20(17)21(19)15(3)4)22-9-7-16(13-22)8-10-22/h5-7,9,12,14-16H,8,10-11,13H2,1-4H3. The van der Waals surface area contributed by atoms with Crippen molar-refractivity contribution >= 4 is 5.57 Å². The minimum Gasteiger partial charge on any atom is -0.0845 e. The van der Waals surface area contributed by atoms with Gasteiger partial charge in [-0.15, -0.1) is 0 Å². The van der Waals surface area contributed by atoms with Gasteiger partial charge in [0.25, 0.3) is 0 Å². The van der Waals surface area contributed by atoms with E-state index in [0.29, 0.717) is 17.3 Å². The molecule has 2 unspecified atom stereocenters. The molecule has 0 spiro atoms. The van der Waals surface area contributed by atoms with Gasteiger partial charge in [0.05, 0.1) is 0 Å². The van der Waals surface area contributed by atoms with Crippen molar-refractivity contribution in [1.82, 2.24) is 0 Å². The number of rotatable bonds is 3. The summed E-state index contributed by atoms with van der Waals surface area (Å²) in [5, 5.41) is 0. The molecule has 2 atom stereocenters. The molecule has 0 aliphatic heterocycles. The predicted molar refractivity (Wildman–Crippen MR) is 94.9 cm³/mol. The van der Waals surface area contributed by atoms with Gasteiger partial charge in [-0.05, 0) is 65.7 Å². The summed E-state index contributed by atoms with van der Waals surface area (Å²) in [5.41, 5.74) is 8.37. The first-order chi connectivity index (χ1) is 10.5. The molecule has 3 aliphatic rings. The van der Waals surface area contributed by atoms with Gasteiger partial charge < -0.3 is 0 Å². The molecule has 2 bridgehead atoms. The Morgan fingerprint density at radius 2 is 1.91 bits per heavy atom. The summed E-state index contributed by atoms with van der Waals surface area (Å²) >= 11 is 0. The summed E-state index contributed by atoms with van der Waals surface area (Å²) in [4.78, 5) is 0. The minimum atomic E-state index is 0.363. The third kappa shape index (κ3) is 1.96. The van der Waals surface area contributed by atoms with Crippen LogP contribution in [0.3, 0.4) is 0 Å². The molecular weight excluding hydrogens is 264 g/mol. The van der Waals surface area contributed by atoms with E-state index < -0.39 is 0 Å². The average molecular weight is 292 g/mol. The van der Waals surface area contributed by atoms with E-state index in [1.165, 1.54) is 25.7 Å². The van der Waals surface area contributed by atoms with Crippen molar-refractivity contribution in [2.24, 2.45) is 17.8 Å². The largest absolute Gasteiger partial charge is 0.0845 e. The molecule has 1 fully saturated rings. The van der Waals surface area contributed by atoms with Crippen LogP contribution in [0.4, 0.5) is 0 Å². The van der Waals surface area contributed by atoms with Gasteiger partial charge in [0, 0.05) is 5.41 Å². The van der Waals surface area contributed by atoms with Gasteiger partial charge in [-0.2, -0.15) is 0 Å². The molecule has 1 aromatic rings. The molecule has 116 valence electrons. The maximum atomic E-state index is 2.55. The van der Waals surface area contributed by atoms with Crippen LogP contribution in [0, 0.1) is 17.8 Å². The second kappa shape index (κ2) is 4.85. The Morgan fingerprint density at radius 3 is 2.45 bits per heavy atom. The maximum absolute atomic E-state index is 2.55. The lowest BCUT2D eigenvalue weighted by Crippen LogP contribution is -2.17. The Bertz CT molecular complexity index is 671. The maximum Gasteiger partial charge on any atom is 0.0138 e. The van der Waals surface area contributed by atoms with Crippen LogP contribution < -0.4 is 0 Å². The number of hydrogen-bond acceptors (Lipinski definition) is 0. The van der Waals surface area contributed by atoms with Crippen LogP contribution >= 0.6 is 0 Å². The van der Waals surface area contributed by atoms with Crippen LogP contribution in [0.5, 0.6) is 0 Å². The normalized spacial score (nSPS) is 29.3. The molecule has 1 saturated carbocycles. The highest BCUT2D eigenvalue weighted by Gasteiger charge is 2.42. The number of fused-ring (bicyclic) bond motifs is 3. The van der Waals surface area contributed by atoms with Crippen molar-refractivity contribution in [3.8, 4) is 0 Å². The Balaban J connectivity index is 1.81. The summed E-state index contributed by atoms with van der Waals surface area (Å²) in [6, 6.07) is 7.41. The van der Waals surface area contributed by atoms with Gasteiger partial charge in [0.2, 0.25) is 0 Å². The molecule has 22 heavy (non-hydrogen) atoms. The van der Waals surface area contributed by atoms with Crippen LogP contribution in [0.2, 0.25) is 0 Å². The van der Waals surface area contributed by atoms with Gasteiger partial charge in [-0.1, -0.05) is 63.6 Å². The summed E-state index contributed by atoms with van der Waals surface area (Å²) in [6.07, 6.45) is 10.2. The molecule has 0 saturated heterocycles. The van der Waals surface area contributed by atoms with E-state index in [9.17, 15) is 0 Å². The highest BCUT2D eigenvalue weighted by Crippen LogP contribution is 2.52. The number of allylic oxidation sites excluding steroid dienone is 4. The van der Waals surface area contributed by atoms with Crippen molar-refractivity contribution < 1.29 is 0 Å². The molecule has 0 radical (unpaired) electrons. The van der Waals surface area contributed by atoms with E-state index in [2.05, 4.69) is 58.0 Å². The molecule has 0 N–H and O–H groups in total. The van der Waals surface area contributed by atoms with E-state index in [1.807, 2.05) is 0 Å². The highest BCUT2D eigenvalue weighted by atomic mass is 14.5. The molecule has 4 rings (SSSR count). The van der Waals surface area contributed by atoms with Gasteiger partial charge in [-0.25, -0.2) is 0 Å². The van der Waals surface area contributed by atoms with Crippen LogP contribution in [-0.2, 0) is 11.8 Å². The van der Waals surface area contributed by atoms with Crippen LogP contribution in [0.15, 0.2) is 35.9 Å². The van der Waals surface area contributed by atoms with Gasteiger partial charge in [0.1, 0.15) is 0 Å². The van der Waals surface area contributed by atoms with E-state index >= 15 is 0 Å². The smallest absolute Gasteiger partial charge is 0.0138 e. The lowest BCUT2D eigenvalue weighted by atomic mass is 9.78. The number of hydrogen-bond donors (Lipinski definition) is 0. The molecule has 3 aliphatic carbocycles. The van der Waals surface area contributed by atoms with Crippen molar-refractivity contribution in [3.05, 3.63) is 52.6 Å². The third-order valence-electron chi connectivity index (χ3n) is 6.25. The van der Waals surface area contributed by atoms with Crippen molar-refractivity contribution in [3.63, 3.8) is 0 Å².